The molecule has 0 aliphatic heterocycles. The lowest BCUT2D eigenvalue weighted by atomic mass is 10.2. The number of aromatic nitrogens is 1. The van der Waals surface area contributed by atoms with Crippen LogP contribution in [0.2, 0.25) is 0 Å². The van der Waals surface area contributed by atoms with Gasteiger partial charge in [0, 0.05) is 35.0 Å². The first-order valence-corrected chi connectivity index (χ1v) is 8.17. The third kappa shape index (κ3) is 5.00. The van der Waals surface area contributed by atoms with Crippen LogP contribution < -0.4 is 4.72 Å². The highest BCUT2D eigenvalue weighted by Gasteiger charge is 1.95. The second kappa shape index (κ2) is 8.19. The first-order chi connectivity index (χ1) is 11.4. The van der Waals surface area contributed by atoms with E-state index in [1.165, 1.54) is 10.5 Å². The summed E-state index contributed by atoms with van der Waals surface area (Å²) in [6.07, 6.45) is 3.61. The fourth-order valence-electron chi connectivity index (χ4n) is 1.98. The van der Waals surface area contributed by atoms with Crippen molar-refractivity contribution in [3.63, 3.8) is 0 Å². The van der Waals surface area contributed by atoms with Crippen LogP contribution in [-0.4, -0.2) is 4.98 Å². The van der Waals surface area contributed by atoms with E-state index in [4.69, 9.17) is 0 Å². The molecule has 3 aromatic rings. The number of benzene rings is 2. The van der Waals surface area contributed by atoms with Crippen molar-refractivity contribution >= 4 is 11.9 Å². The predicted molar refractivity (Wildman–Crippen MR) is 95.8 cm³/mol. The minimum Gasteiger partial charge on any atom is -0.265 e. The van der Waals surface area contributed by atoms with Gasteiger partial charge in [-0.1, -0.05) is 30.0 Å². The molecule has 2 nitrogen and oxygen atoms in total. The SMILES string of the molecule is C(#Cc1ccc(SNCc2ccncc2)cc1)c1ccccc1. The lowest BCUT2D eigenvalue weighted by Gasteiger charge is -2.04. The second-order valence-corrected chi connectivity index (χ2v) is 5.88. The Morgan fingerprint density at radius 3 is 2.13 bits per heavy atom. The Kier molecular flexibility index (Phi) is 5.47. The topological polar surface area (TPSA) is 24.9 Å². The summed E-state index contributed by atoms with van der Waals surface area (Å²) in [5.41, 5.74) is 3.27. The molecular formula is C20H16N2S. The second-order valence-electron chi connectivity index (χ2n) is 4.92. The third-order valence-corrected chi connectivity index (χ3v) is 3.99. The minimum absolute atomic E-state index is 0.808. The fourth-order valence-corrected chi connectivity index (χ4v) is 2.65. The molecule has 0 aliphatic rings. The van der Waals surface area contributed by atoms with E-state index in [0.717, 1.165) is 17.7 Å². The van der Waals surface area contributed by atoms with Gasteiger partial charge in [-0.2, -0.15) is 0 Å². The van der Waals surface area contributed by atoms with Crippen molar-refractivity contribution in [2.24, 2.45) is 0 Å². The Hall–Kier alpha value is -2.54. The summed E-state index contributed by atoms with van der Waals surface area (Å²) in [4.78, 5) is 5.18. The zero-order valence-electron chi connectivity index (χ0n) is 12.6. The lowest BCUT2D eigenvalue weighted by molar-refractivity contribution is 0.969. The van der Waals surface area contributed by atoms with Gasteiger partial charge in [0.05, 0.1) is 0 Å². The van der Waals surface area contributed by atoms with Gasteiger partial charge in [0.2, 0.25) is 0 Å². The van der Waals surface area contributed by atoms with Crippen LogP contribution in [-0.2, 0) is 6.54 Å². The number of nitrogens with zero attached hydrogens (tertiary/aromatic N) is 1. The van der Waals surface area contributed by atoms with Crippen molar-refractivity contribution < 1.29 is 0 Å². The van der Waals surface area contributed by atoms with Gasteiger partial charge >= 0.3 is 0 Å². The van der Waals surface area contributed by atoms with E-state index in [1.807, 2.05) is 67.0 Å². The molecule has 0 saturated heterocycles. The van der Waals surface area contributed by atoms with Crippen molar-refractivity contribution in [1.82, 2.24) is 9.71 Å². The van der Waals surface area contributed by atoms with E-state index in [1.54, 1.807) is 11.9 Å². The molecule has 0 atom stereocenters. The van der Waals surface area contributed by atoms with Gasteiger partial charge < -0.3 is 0 Å². The van der Waals surface area contributed by atoms with Crippen LogP contribution in [0.3, 0.4) is 0 Å². The predicted octanol–water partition coefficient (Wildman–Crippen LogP) is 4.28. The average molecular weight is 316 g/mol. The number of hydrogen-bond donors (Lipinski definition) is 1. The average Bonchev–Trinajstić information content (AvgIpc) is 2.63. The van der Waals surface area contributed by atoms with Crippen LogP contribution in [0.25, 0.3) is 0 Å². The van der Waals surface area contributed by atoms with E-state index in [0.29, 0.717) is 0 Å². The molecule has 23 heavy (non-hydrogen) atoms. The molecule has 0 saturated carbocycles. The maximum absolute atomic E-state index is 4.01. The molecule has 0 bridgehead atoms. The van der Waals surface area contributed by atoms with E-state index < -0.39 is 0 Å². The zero-order chi connectivity index (χ0) is 15.7. The van der Waals surface area contributed by atoms with Crippen molar-refractivity contribution in [2.45, 2.75) is 11.4 Å². The number of pyridine rings is 1. The highest BCUT2D eigenvalue weighted by Crippen LogP contribution is 2.15. The van der Waals surface area contributed by atoms with Gasteiger partial charge in [0.1, 0.15) is 0 Å². The van der Waals surface area contributed by atoms with Gasteiger partial charge in [-0.05, 0) is 66.0 Å². The minimum atomic E-state index is 0.808. The van der Waals surface area contributed by atoms with E-state index in [9.17, 15) is 0 Å². The van der Waals surface area contributed by atoms with Crippen molar-refractivity contribution in [1.29, 1.82) is 0 Å². The van der Waals surface area contributed by atoms with Gasteiger partial charge in [-0.15, -0.1) is 0 Å². The summed E-state index contributed by atoms with van der Waals surface area (Å²) >= 11 is 1.62. The van der Waals surface area contributed by atoms with Crippen molar-refractivity contribution in [2.75, 3.05) is 0 Å². The standard InChI is InChI=1S/C20H16N2S/c1-2-4-17(5-3-1)6-7-18-8-10-20(11-9-18)23-22-16-19-12-14-21-15-13-19/h1-5,8-15,22H,16H2. The van der Waals surface area contributed by atoms with Crippen LogP contribution in [0.15, 0.2) is 84.0 Å². The highest BCUT2D eigenvalue weighted by atomic mass is 32.2. The summed E-state index contributed by atoms with van der Waals surface area (Å²) in [7, 11) is 0. The molecule has 0 aliphatic carbocycles. The first-order valence-electron chi connectivity index (χ1n) is 7.36. The van der Waals surface area contributed by atoms with Gasteiger partial charge in [0.15, 0.2) is 0 Å². The molecule has 1 aromatic heterocycles. The number of hydrogen-bond acceptors (Lipinski definition) is 3. The van der Waals surface area contributed by atoms with Crippen LogP contribution in [0, 0.1) is 11.8 Å². The maximum Gasteiger partial charge on any atom is 0.0314 e. The number of rotatable bonds is 4. The van der Waals surface area contributed by atoms with Gasteiger partial charge in [0.25, 0.3) is 0 Å². The first kappa shape index (κ1) is 15.4. The van der Waals surface area contributed by atoms with Crippen LogP contribution in [0.5, 0.6) is 0 Å². The van der Waals surface area contributed by atoms with E-state index in [-0.39, 0.29) is 0 Å². The zero-order valence-corrected chi connectivity index (χ0v) is 13.4. The maximum atomic E-state index is 4.01. The summed E-state index contributed by atoms with van der Waals surface area (Å²) in [5, 5.41) is 0. The summed E-state index contributed by atoms with van der Waals surface area (Å²) in [6, 6.07) is 22.3. The molecule has 0 amide bonds. The quantitative estimate of drug-likeness (QED) is 0.574. The van der Waals surface area contributed by atoms with Crippen LogP contribution >= 0.6 is 11.9 Å². The third-order valence-electron chi connectivity index (χ3n) is 3.19. The molecule has 3 rings (SSSR count). The molecule has 3 heteroatoms. The molecule has 0 fully saturated rings. The van der Waals surface area contributed by atoms with Gasteiger partial charge in [-0.3, -0.25) is 9.71 Å². The molecule has 1 heterocycles. The normalized spacial score (nSPS) is 9.91. The molecular weight excluding hydrogens is 300 g/mol. The highest BCUT2D eigenvalue weighted by molar-refractivity contribution is 7.97. The largest absolute Gasteiger partial charge is 0.265 e. The number of nitrogens with one attached hydrogen (secondary N) is 1. The molecule has 2 aromatic carbocycles. The van der Waals surface area contributed by atoms with E-state index in [2.05, 4.69) is 33.7 Å². The molecule has 0 radical (unpaired) electrons. The van der Waals surface area contributed by atoms with E-state index >= 15 is 0 Å². The molecule has 0 unspecified atom stereocenters. The molecule has 0 spiro atoms. The Balaban J connectivity index is 1.54. The lowest BCUT2D eigenvalue weighted by Crippen LogP contribution is -2.02. The smallest absolute Gasteiger partial charge is 0.0314 e. The molecule has 1 N–H and O–H groups in total. The molecule has 112 valence electrons. The Morgan fingerprint density at radius 2 is 1.43 bits per heavy atom. The fraction of sp³-hybridized carbons (Fsp3) is 0.0500. The van der Waals surface area contributed by atoms with Crippen LogP contribution in [0.1, 0.15) is 16.7 Å². The Bertz CT molecular complexity index is 788. The Morgan fingerprint density at radius 1 is 0.783 bits per heavy atom. The van der Waals surface area contributed by atoms with Crippen molar-refractivity contribution in [3.8, 4) is 11.8 Å². The summed E-state index contributed by atoms with van der Waals surface area (Å²) < 4.78 is 3.35. The Labute approximate surface area is 141 Å². The van der Waals surface area contributed by atoms with Gasteiger partial charge in [-0.25, -0.2) is 0 Å². The van der Waals surface area contributed by atoms with Crippen LogP contribution in [0.4, 0.5) is 0 Å². The van der Waals surface area contributed by atoms with Crippen molar-refractivity contribution in [3.05, 3.63) is 95.8 Å². The monoisotopic (exact) mass is 316 g/mol. The summed E-state index contributed by atoms with van der Waals surface area (Å²) in [6.45, 7) is 0.808. The summed E-state index contributed by atoms with van der Waals surface area (Å²) in [5.74, 6) is 6.35.